The first kappa shape index (κ1) is 14.5. The molecular formula is C11H16F3N3O. The summed E-state index contributed by atoms with van der Waals surface area (Å²) in [7, 11) is 0. The SMILES string of the molecule is Cc1[nH]ncc1C(=O)N(CC(C)C)CC(F)(F)F. The highest BCUT2D eigenvalue weighted by Gasteiger charge is 2.34. The van der Waals surface area contributed by atoms with Crippen molar-refractivity contribution in [1.29, 1.82) is 0 Å². The summed E-state index contributed by atoms with van der Waals surface area (Å²) < 4.78 is 37.3. The van der Waals surface area contributed by atoms with Crippen LogP contribution in [0.1, 0.15) is 29.9 Å². The van der Waals surface area contributed by atoms with Crippen molar-refractivity contribution in [3.8, 4) is 0 Å². The van der Waals surface area contributed by atoms with E-state index >= 15 is 0 Å². The Balaban J connectivity index is 2.89. The quantitative estimate of drug-likeness (QED) is 0.906. The average Bonchev–Trinajstić information content (AvgIpc) is 2.59. The first-order chi connectivity index (χ1) is 8.20. The average molecular weight is 263 g/mol. The molecule has 0 fully saturated rings. The lowest BCUT2D eigenvalue weighted by Crippen LogP contribution is -2.41. The van der Waals surface area contributed by atoms with Crippen LogP contribution in [0.15, 0.2) is 6.20 Å². The highest BCUT2D eigenvalue weighted by atomic mass is 19.4. The number of H-pyrrole nitrogens is 1. The third-order valence-electron chi connectivity index (χ3n) is 2.30. The molecule has 1 heterocycles. The van der Waals surface area contributed by atoms with Gasteiger partial charge < -0.3 is 4.90 Å². The monoisotopic (exact) mass is 263 g/mol. The number of nitrogens with zero attached hydrogens (tertiary/aromatic N) is 2. The Kier molecular flexibility index (Phi) is 4.37. The van der Waals surface area contributed by atoms with Crippen molar-refractivity contribution < 1.29 is 18.0 Å². The largest absolute Gasteiger partial charge is 0.406 e. The van der Waals surface area contributed by atoms with Crippen LogP contribution in [0.25, 0.3) is 0 Å². The number of aromatic nitrogens is 2. The summed E-state index contributed by atoms with van der Waals surface area (Å²) in [6, 6.07) is 0. The maximum atomic E-state index is 12.4. The van der Waals surface area contributed by atoms with Crippen molar-refractivity contribution in [1.82, 2.24) is 15.1 Å². The fourth-order valence-corrected chi connectivity index (χ4v) is 1.61. The lowest BCUT2D eigenvalue weighted by Gasteiger charge is -2.25. The molecule has 0 saturated heterocycles. The van der Waals surface area contributed by atoms with E-state index in [0.29, 0.717) is 5.69 Å². The van der Waals surface area contributed by atoms with E-state index in [9.17, 15) is 18.0 Å². The number of carbonyl (C=O) groups is 1. The van der Waals surface area contributed by atoms with Gasteiger partial charge in [-0.2, -0.15) is 18.3 Å². The first-order valence-corrected chi connectivity index (χ1v) is 5.56. The second-order valence-electron chi connectivity index (χ2n) is 4.60. The van der Waals surface area contributed by atoms with Gasteiger partial charge in [-0.25, -0.2) is 0 Å². The van der Waals surface area contributed by atoms with Crippen LogP contribution in [0.5, 0.6) is 0 Å². The molecular weight excluding hydrogens is 247 g/mol. The highest BCUT2D eigenvalue weighted by Crippen LogP contribution is 2.19. The summed E-state index contributed by atoms with van der Waals surface area (Å²) in [5, 5.41) is 6.19. The zero-order valence-corrected chi connectivity index (χ0v) is 10.5. The molecule has 1 aromatic rings. The van der Waals surface area contributed by atoms with E-state index < -0.39 is 18.6 Å². The summed E-state index contributed by atoms with van der Waals surface area (Å²) in [6.45, 7) is 3.94. The number of hydrogen-bond acceptors (Lipinski definition) is 2. The summed E-state index contributed by atoms with van der Waals surface area (Å²) >= 11 is 0. The van der Waals surface area contributed by atoms with Crippen LogP contribution in [0.3, 0.4) is 0 Å². The summed E-state index contributed by atoms with van der Waals surface area (Å²) in [5.41, 5.74) is 0.649. The number of aromatic amines is 1. The van der Waals surface area contributed by atoms with Gasteiger partial charge in [0.25, 0.3) is 5.91 Å². The molecule has 1 rings (SSSR count). The van der Waals surface area contributed by atoms with E-state index in [2.05, 4.69) is 10.2 Å². The molecule has 0 saturated carbocycles. The Morgan fingerprint density at radius 1 is 1.50 bits per heavy atom. The van der Waals surface area contributed by atoms with Crippen molar-refractivity contribution in [2.75, 3.05) is 13.1 Å². The summed E-state index contributed by atoms with van der Waals surface area (Å²) in [5.74, 6) is -0.684. The van der Waals surface area contributed by atoms with Crippen LogP contribution in [-0.2, 0) is 0 Å². The molecule has 0 radical (unpaired) electrons. The number of rotatable bonds is 4. The minimum atomic E-state index is -4.40. The van der Waals surface area contributed by atoms with Crippen molar-refractivity contribution >= 4 is 5.91 Å². The second-order valence-corrected chi connectivity index (χ2v) is 4.60. The minimum Gasteiger partial charge on any atom is -0.329 e. The minimum absolute atomic E-state index is 0.0384. The fourth-order valence-electron chi connectivity index (χ4n) is 1.61. The molecule has 0 spiro atoms. The zero-order chi connectivity index (χ0) is 13.9. The highest BCUT2D eigenvalue weighted by molar-refractivity contribution is 5.95. The number of alkyl halides is 3. The Bertz CT molecular complexity index is 412. The van der Waals surface area contributed by atoms with Gasteiger partial charge in [-0.15, -0.1) is 0 Å². The van der Waals surface area contributed by atoms with E-state index in [0.717, 1.165) is 4.90 Å². The number of amides is 1. The van der Waals surface area contributed by atoms with Gasteiger partial charge in [-0.1, -0.05) is 13.8 Å². The van der Waals surface area contributed by atoms with Gasteiger partial charge >= 0.3 is 6.18 Å². The lowest BCUT2D eigenvalue weighted by atomic mass is 10.1. The molecule has 102 valence electrons. The number of carbonyl (C=O) groups excluding carboxylic acids is 1. The van der Waals surface area contributed by atoms with E-state index in [1.54, 1.807) is 20.8 Å². The van der Waals surface area contributed by atoms with Gasteiger partial charge in [0.15, 0.2) is 0 Å². The van der Waals surface area contributed by atoms with Gasteiger partial charge in [0, 0.05) is 12.2 Å². The van der Waals surface area contributed by atoms with Crippen LogP contribution in [-0.4, -0.2) is 40.3 Å². The predicted octanol–water partition coefficient (Wildman–Crippen LogP) is 2.38. The van der Waals surface area contributed by atoms with E-state index in [1.807, 2.05) is 0 Å². The van der Waals surface area contributed by atoms with Gasteiger partial charge in [-0.3, -0.25) is 9.89 Å². The Labute approximate surface area is 103 Å². The first-order valence-electron chi connectivity index (χ1n) is 5.56. The van der Waals surface area contributed by atoms with Gasteiger partial charge in [0.1, 0.15) is 6.54 Å². The molecule has 1 aromatic heterocycles. The smallest absolute Gasteiger partial charge is 0.329 e. The number of nitrogens with one attached hydrogen (secondary N) is 1. The van der Waals surface area contributed by atoms with E-state index in [1.165, 1.54) is 6.20 Å². The number of aryl methyl sites for hydroxylation is 1. The molecule has 0 aliphatic carbocycles. The fraction of sp³-hybridized carbons (Fsp3) is 0.636. The molecule has 4 nitrogen and oxygen atoms in total. The van der Waals surface area contributed by atoms with Crippen LogP contribution < -0.4 is 0 Å². The van der Waals surface area contributed by atoms with Crippen LogP contribution in [0.2, 0.25) is 0 Å². The van der Waals surface area contributed by atoms with E-state index in [-0.39, 0.29) is 18.0 Å². The van der Waals surface area contributed by atoms with Crippen molar-refractivity contribution in [3.63, 3.8) is 0 Å². The van der Waals surface area contributed by atoms with Crippen molar-refractivity contribution in [3.05, 3.63) is 17.5 Å². The zero-order valence-electron chi connectivity index (χ0n) is 10.5. The second kappa shape index (κ2) is 5.41. The number of hydrogen-bond donors (Lipinski definition) is 1. The topological polar surface area (TPSA) is 49.0 Å². The number of halogens is 3. The lowest BCUT2D eigenvalue weighted by molar-refractivity contribution is -0.141. The normalized spacial score (nSPS) is 11.9. The molecule has 0 bridgehead atoms. The van der Waals surface area contributed by atoms with Crippen LogP contribution in [0.4, 0.5) is 13.2 Å². The van der Waals surface area contributed by atoms with Crippen molar-refractivity contribution in [2.24, 2.45) is 5.92 Å². The molecule has 0 atom stereocenters. The van der Waals surface area contributed by atoms with Gasteiger partial charge in [0.05, 0.1) is 11.8 Å². The standard InChI is InChI=1S/C11H16F3N3O/c1-7(2)5-17(6-11(12,13)14)10(18)9-4-15-16-8(9)3/h4,7H,5-6H2,1-3H3,(H,15,16). The molecule has 1 amide bonds. The Morgan fingerprint density at radius 2 is 2.11 bits per heavy atom. The Hall–Kier alpha value is -1.53. The van der Waals surface area contributed by atoms with Crippen molar-refractivity contribution in [2.45, 2.75) is 26.9 Å². The maximum absolute atomic E-state index is 12.4. The molecule has 18 heavy (non-hydrogen) atoms. The maximum Gasteiger partial charge on any atom is 0.406 e. The molecule has 0 aliphatic rings. The Morgan fingerprint density at radius 3 is 2.50 bits per heavy atom. The third kappa shape index (κ3) is 4.05. The molecule has 7 heteroatoms. The summed E-state index contributed by atoms with van der Waals surface area (Å²) in [4.78, 5) is 12.8. The molecule has 0 unspecified atom stereocenters. The van der Waals surface area contributed by atoms with Crippen LogP contribution >= 0.6 is 0 Å². The molecule has 0 aliphatic heterocycles. The molecule has 1 N–H and O–H groups in total. The van der Waals surface area contributed by atoms with Gasteiger partial charge in [0.2, 0.25) is 0 Å². The molecule has 0 aromatic carbocycles. The third-order valence-corrected chi connectivity index (χ3v) is 2.30. The predicted molar refractivity (Wildman–Crippen MR) is 60.1 cm³/mol. The van der Waals surface area contributed by atoms with Crippen LogP contribution in [0, 0.1) is 12.8 Å². The van der Waals surface area contributed by atoms with E-state index in [4.69, 9.17) is 0 Å². The van der Waals surface area contributed by atoms with Gasteiger partial charge in [-0.05, 0) is 12.8 Å². The summed E-state index contributed by atoms with van der Waals surface area (Å²) in [6.07, 6.45) is -3.15.